The first-order chi connectivity index (χ1) is 12.2. The van der Waals surface area contributed by atoms with Gasteiger partial charge in [0.05, 0.1) is 11.0 Å². The third kappa shape index (κ3) is 5.69. The summed E-state index contributed by atoms with van der Waals surface area (Å²) in [6, 6.07) is 10.6. The second-order valence-corrected chi connectivity index (χ2v) is 8.11. The van der Waals surface area contributed by atoms with Crippen molar-refractivity contribution in [1.29, 1.82) is 0 Å². The van der Waals surface area contributed by atoms with E-state index in [1.807, 2.05) is 0 Å². The molecule has 26 heavy (non-hydrogen) atoms. The minimum atomic E-state index is -4.04. The van der Waals surface area contributed by atoms with E-state index in [9.17, 15) is 18.3 Å². The Labute approximate surface area is 161 Å². The number of aliphatic hydroxyl groups excluding tert-OH is 1. The molecule has 0 aromatic heterocycles. The molecule has 6 nitrogen and oxygen atoms in total. The highest BCUT2D eigenvalue weighted by Gasteiger charge is 2.31. The molecule has 2 rings (SSSR count). The van der Waals surface area contributed by atoms with Gasteiger partial charge in [0.25, 0.3) is 0 Å². The SMILES string of the molecule is C[C@H](O)[C@H](NS(=O)(=O)c1ccc(Cl)cc1)C(=O)OCc1ccc(Cl)cc1. The van der Waals surface area contributed by atoms with Crippen LogP contribution in [0.3, 0.4) is 0 Å². The maximum atomic E-state index is 12.4. The lowest BCUT2D eigenvalue weighted by atomic mass is 10.2. The van der Waals surface area contributed by atoms with Crippen molar-refractivity contribution in [2.24, 2.45) is 0 Å². The third-order valence-corrected chi connectivity index (χ3v) is 5.40. The minimum absolute atomic E-state index is 0.0815. The van der Waals surface area contributed by atoms with Gasteiger partial charge in [-0.15, -0.1) is 0 Å². The van der Waals surface area contributed by atoms with Crippen molar-refractivity contribution < 1.29 is 23.1 Å². The van der Waals surface area contributed by atoms with E-state index in [-0.39, 0.29) is 11.5 Å². The summed E-state index contributed by atoms with van der Waals surface area (Å²) < 4.78 is 32.0. The van der Waals surface area contributed by atoms with Crippen LogP contribution in [-0.4, -0.2) is 31.6 Å². The van der Waals surface area contributed by atoms with E-state index >= 15 is 0 Å². The standard InChI is InChI=1S/C17H17Cl2NO5S/c1-11(21)16(17(22)25-10-12-2-4-13(18)5-3-12)20-26(23,24)15-8-6-14(19)7-9-15/h2-9,11,16,20-21H,10H2,1H3/t11-,16-/m0/s1. The topological polar surface area (TPSA) is 92.7 Å². The number of rotatable bonds is 7. The predicted molar refractivity (Wildman–Crippen MR) is 98.5 cm³/mol. The highest BCUT2D eigenvalue weighted by Crippen LogP contribution is 2.15. The number of benzene rings is 2. The summed E-state index contributed by atoms with van der Waals surface area (Å²) in [6.07, 6.45) is -1.30. The van der Waals surface area contributed by atoms with Gasteiger partial charge in [-0.2, -0.15) is 4.72 Å². The van der Waals surface area contributed by atoms with Crippen LogP contribution in [-0.2, 0) is 26.2 Å². The molecule has 0 aliphatic rings. The maximum absolute atomic E-state index is 12.4. The molecule has 0 heterocycles. The predicted octanol–water partition coefficient (Wildman–Crippen LogP) is 2.76. The van der Waals surface area contributed by atoms with E-state index in [1.165, 1.54) is 31.2 Å². The Balaban J connectivity index is 2.08. The molecule has 0 amide bonds. The molecule has 9 heteroatoms. The highest BCUT2D eigenvalue weighted by molar-refractivity contribution is 7.89. The van der Waals surface area contributed by atoms with Crippen molar-refractivity contribution in [1.82, 2.24) is 4.72 Å². The van der Waals surface area contributed by atoms with Crippen LogP contribution < -0.4 is 4.72 Å². The number of nitrogens with one attached hydrogen (secondary N) is 1. The lowest BCUT2D eigenvalue weighted by Gasteiger charge is -2.20. The average molecular weight is 418 g/mol. The molecule has 0 spiro atoms. The van der Waals surface area contributed by atoms with E-state index in [2.05, 4.69) is 4.72 Å². The molecule has 0 saturated heterocycles. The van der Waals surface area contributed by atoms with Crippen molar-refractivity contribution in [2.75, 3.05) is 0 Å². The van der Waals surface area contributed by atoms with Crippen LogP contribution in [0.15, 0.2) is 53.4 Å². The van der Waals surface area contributed by atoms with E-state index in [0.717, 1.165) is 0 Å². The number of sulfonamides is 1. The maximum Gasteiger partial charge on any atom is 0.327 e. The molecule has 2 N–H and O–H groups in total. The van der Waals surface area contributed by atoms with Gasteiger partial charge in [-0.05, 0) is 48.9 Å². The molecule has 0 saturated carbocycles. The van der Waals surface area contributed by atoms with Gasteiger partial charge in [0.2, 0.25) is 10.0 Å². The smallest absolute Gasteiger partial charge is 0.327 e. The van der Waals surface area contributed by atoms with Gasteiger partial charge in [0.15, 0.2) is 0 Å². The van der Waals surface area contributed by atoms with Gasteiger partial charge in [-0.3, -0.25) is 4.79 Å². The van der Waals surface area contributed by atoms with Gasteiger partial charge in [0, 0.05) is 10.0 Å². The second-order valence-electron chi connectivity index (χ2n) is 5.53. The molecular formula is C17H17Cl2NO5S. The molecule has 0 bridgehead atoms. The van der Waals surface area contributed by atoms with E-state index in [1.54, 1.807) is 24.3 Å². The van der Waals surface area contributed by atoms with Crippen molar-refractivity contribution in [2.45, 2.75) is 30.6 Å². The van der Waals surface area contributed by atoms with Crippen molar-refractivity contribution in [3.63, 3.8) is 0 Å². The van der Waals surface area contributed by atoms with Crippen LogP contribution in [0.1, 0.15) is 12.5 Å². The number of ether oxygens (including phenoxy) is 1. The largest absolute Gasteiger partial charge is 0.460 e. The molecule has 2 atom stereocenters. The van der Waals surface area contributed by atoms with Crippen LogP contribution in [0.2, 0.25) is 10.0 Å². The quantitative estimate of drug-likeness (QED) is 0.675. The molecule has 140 valence electrons. The van der Waals surface area contributed by atoms with Crippen LogP contribution >= 0.6 is 23.2 Å². The van der Waals surface area contributed by atoms with Crippen LogP contribution in [0.25, 0.3) is 0 Å². The monoisotopic (exact) mass is 417 g/mol. The van der Waals surface area contributed by atoms with Gasteiger partial charge in [-0.1, -0.05) is 35.3 Å². The summed E-state index contributed by atoms with van der Waals surface area (Å²) in [7, 11) is -4.04. The summed E-state index contributed by atoms with van der Waals surface area (Å²) in [4.78, 5) is 12.1. The molecular weight excluding hydrogens is 401 g/mol. The lowest BCUT2D eigenvalue weighted by Crippen LogP contribution is -2.48. The number of carbonyl (C=O) groups is 1. The van der Waals surface area contributed by atoms with Gasteiger partial charge in [-0.25, -0.2) is 8.42 Å². The second kappa shape index (κ2) is 8.83. The van der Waals surface area contributed by atoms with Crippen molar-refractivity contribution >= 4 is 39.2 Å². The Bertz CT molecular complexity index is 852. The summed E-state index contributed by atoms with van der Waals surface area (Å²) in [5.41, 5.74) is 0.674. The fraction of sp³-hybridized carbons (Fsp3) is 0.235. The summed E-state index contributed by atoms with van der Waals surface area (Å²) in [5.74, 6) is -0.896. The van der Waals surface area contributed by atoms with E-state index in [0.29, 0.717) is 15.6 Å². The van der Waals surface area contributed by atoms with Crippen LogP contribution in [0, 0.1) is 0 Å². The Kier molecular flexibility index (Phi) is 7.02. The van der Waals surface area contributed by atoms with Crippen molar-refractivity contribution in [3.05, 3.63) is 64.1 Å². The molecule has 0 aliphatic carbocycles. The van der Waals surface area contributed by atoms with Crippen LogP contribution in [0.4, 0.5) is 0 Å². The molecule has 0 fully saturated rings. The fourth-order valence-corrected chi connectivity index (χ4v) is 3.53. The Morgan fingerprint density at radius 3 is 2.08 bits per heavy atom. The Hall–Kier alpha value is -1.64. The highest BCUT2D eigenvalue weighted by atomic mass is 35.5. The molecule has 2 aromatic rings. The van der Waals surface area contributed by atoms with Gasteiger partial charge < -0.3 is 9.84 Å². The Morgan fingerprint density at radius 2 is 1.58 bits per heavy atom. The summed E-state index contributed by atoms with van der Waals surface area (Å²) in [5, 5.41) is 10.7. The summed E-state index contributed by atoms with van der Waals surface area (Å²) in [6.45, 7) is 1.21. The van der Waals surface area contributed by atoms with Crippen LogP contribution in [0.5, 0.6) is 0 Å². The first-order valence-corrected chi connectivity index (χ1v) is 9.80. The zero-order valence-corrected chi connectivity index (χ0v) is 16.1. The first kappa shape index (κ1) is 20.7. The van der Waals surface area contributed by atoms with Gasteiger partial charge >= 0.3 is 5.97 Å². The number of aliphatic hydroxyl groups is 1. The fourth-order valence-electron chi connectivity index (χ4n) is 2.02. The van der Waals surface area contributed by atoms with E-state index < -0.39 is 28.1 Å². The lowest BCUT2D eigenvalue weighted by molar-refractivity contribution is -0.149. The van der Waals surface area contributed by atoms with E-state index in [4.69, 9.17) is 27.9 Å². The number of carbonyl (C=O) groups excluding carboxylic acids is 1. The molecule has 2 aromatic carbocycles. The molecule has 0 radical (unpaired) electrons. The number of hydrogen-bond donors (Lipinski definition) is 2. The molecule has 0 aliphatic heterocycles. The number of esters is 1. The minimum Gasteiger partial charge on any atom is -0.460 e. The normalized spacial score (nSPS) is 13.8. The average Bonchev–Trinajstić information content (AvgIpc) is 2.59. The van der Waals surface area contributed by atoms with Gasteiger partial charge in [0.1, 0.15) is 12.6 Å². The molecule has 0 unspecified atom stereocenters. The number of hydrogen-bond acceptors (Lipinski definition) is 5. The third-order valence-electron chi connectivity index (χ3n) is 3.44. The first-order valence-electron chi connectivity index (χ1n) is 7.56. The summed E-state index contributed by atoms with van der Waals surface area (Å²) >= 11 is 11.5. The zero-order valence-electron chi connectivity index (χ0n) is 13.7. The zero-order chi connectivity index (χ0) is 19.3. The van der Waals surface area contributed by atoms with Crippen molar-refractivity contribution in [3.8, 4) is 0 Å². The Morgan fingerprint density at radius 1 is 1.08 bits per heavy atom. The number of halogens is 2.